The minimum atomic E-state index is -0.0249. The van der Waals surface area contributed by atoms with Gasteiger partial charge in [-0.05, 0) is 49.1 Å². The largest absolute Gasteiger partial charge is 0.356 e. The number of fused-ring (bicyclic) bond motifs is 1. The molecule has 0 amide bonds. The second-order valence-electron chi connectivity index (χ2n) is 6.24. The monoisotopic (exact) mass is 329 g/mol. The molecule has 4 nitrogen and oxygen atoms in total. The second kappa shape index (κ2) is 6.92. The summed E-state index contributed by atoms with van der Waals surface area (Å²) < 4.78 is 7.89. The summed E-state index contributed by atoms with van der Waals surface area (Å²) in [6.45, 7) is 0.775. The van der Waals surface area contributed by atoms with Gasteiger partial charge in [-0.25, -0.2) is 4.68 Å². The lowest BCUT2D eigenvalue weighted by Gasteiger charge is -2.23. The minimum Gasteiger partial charge on any atom is -0.356 e. The molecule has 4 heteroatoms. The van der Waals surface area contributed by atoms with Crippen molar-refractivity contribution in [3.63, 3.8) is 0 Å². The highest BCUT2D eigenvalue weighted by atomic mass is 16.5. The zero-order chi connectivity index (χ0) is 17.1. The average molecular weight is 329 g/mol. The van der Waals surface area contributed by atoms with Crippen LogP contribution in [0.4, 0.5) is 0 Å². The summed E-state index contributed by atoms with van der Waals surface area (Å²) in [5.74, 6) is 0. The lowest BCUT2D eigenvalue weighted by molar-refractivity contribution is -0.0367. The molecular weight excluding hydrogens is 310 g/mol. The Hall–Kier alpha value is -2.90. The van der Waals surface area contributed by atoms with Gasteiger partial charge in [0, 0.05) is 12.0 Å². The third-order valence-corrected chi connectivity index (χ3v) is 4.53. The summed E-state index contributed by atoms with van der Waals surface area (Å²) in [6.07, 6.45) is 7.26. The van der Waals surface area contributed by atoms with Gasteiger partial charge >= 0.3 is 0 Å². The van der Waals surface area contributed by atoms with Crippen LogP contribution in [-0.4, -0.2) is 16.4 Å². The molecule has 4 rings (SSSR count). The van der Waals surface area contributed by atoms with Gasteiger partial charge < -0.3 is 4.74 Å². The van der Waals surface area contributed by atoms with Crippen LogP contribution in [0.2, 0.25) is 0 Å². The van der Waals surface area contributed by atoms with E-state index in [-0.39, 0.29) is 6.23 Å². The maximum atomic E-state index is 9.23. The fraction of sp³-hybridized carbons (Fsp3) is 0.238. The Labute approximate surface area is 147 Å². The van der Waals surface area contributed by atoms with Crippen molar-refractivity contribution in [1.82, 2.24) is 9.78 Å². The van der Waals surface area contributed by atoms with E-state index in [4.69, 9.17) is 9.84 Å². The smallest absolute Gasteiger partial charge is 0.150 e. The molecule has 1 aliphatic heterocycles. The van der Waals surface area contributed by atoms with Crippen molar-refractivity contribution in [2.45, 2.75) is 25.5 Å². The first kappa shape index (κ1) is 15.6. The van der Waals surface area contributed by atoms with Crippen molar-refractivity contribution in [2.75, 3.05) is 6.61 Å². The summed E-state index contributed by atoms with van der Waals surface area (Å²) in [7, 11) is 0. The Morgan fingerprint density at radius 1 is 1.12 bits per heavy atom. The lowest BCUT2D eigenvalue weighted by atomic mass is 10.1. The number of hydrogen-bond donors (Lipinski definition) is 0. The third kappa shape index (κ3) is 3.19. The number of rotatable bonds is 3. The summed E-state index contributed by atoms with van der Waals surface area (Å²) in [6, 6.07) is 18.1. The normalized spacial score (nSPS) is 17.8. The molecule has 0 aliphatic carbocycles. The van der Waals surface area contributed by atoms with Crippen LogP contribution in [0.3, 0.4) is 0 Å². The van der Waals surface area contributed by atoms with E-state index in [1.165, 1.54) is 0 Å². The molecule has 1 saturated heterocycles. The molecule has 0 radical (unpaired) electrons. The van der Waals surface area contributed by atoms with Crippen molar-refractivity contribution in [3.8, 4) is 6.07 Å². The van der Waals surface area contributed by atoms with E-state index in [9.17, 15) is 5.26 Å². The Morgan fingerprint density at radius 3 is 2.76 bits per heavy atom. The molecule has 2 aromatic carbocycles. The van der Waals surface area contributed by atoms with Crippen LogP contribution in [0.15, 0.2) is 48.5 Å². The summed E-state index contributed by atoms with van der Waals surface area (Å²) >= 11 is 0. The molecule has 0 bridgehead atoms. The van der Waals surface area contributed by atoms with Gasteiger partial charge in [0.05, 0.1) is 22.8 Å². The molecule has 0 saturated carbocycles. The number of benzene rings is 2. The molecule has 25 heavy (non-hydrogen) atoms. The number of hydrogen-bond acceptors (Lipinski definition) is 3. The van der Waals surface area contributed by atoms with E-state index in [1.807, 2.05) is 53.2 Å². The van der Waals surface area contributed by atoms with E-state index < -0.39 is 0 Å². The van der Waals surface area contributed by atoms with Crippen LogP contribution >= 0.6 is 0 Å². The molecule has 3 aromatic rings. The fourth-order valence-electron chi connectivity index (χ4n) is 3.23. The zero-order valence-corrected chi connectivity index (χ0v) is 13.9. The average Bonchev–Trinajstić information content (AvgIpc) is 3.05. The van der Waals surface area contributed by atoms with Gasteiger partial charge in [0.1, 0.15) is 0 Å². The topological polar surface area (TPSA) is 50.8 Å². The molecule has 124 valence electrons. The van der Waals surface area contributed by atoms with Crippen molar-refractivity contribution in [3.05, 3.63) is 65.4 Å². The highest BCUT2D eigenvalue weighted by Crippen LogP contribution is 2.29. The number of nitrogens with zero attached hydrogens (tertiary/aromatic N) is 3. The first-order chi connectivity index (χ1) is 12.3. The molecular formula is C21H19N3O. The molecule has 0 N–H and O–H groups in total. The van der Waals surface area contributed by atoms with E-state index in [1.54, 1.807) is 0 Å². The maximum Gasteiger partial charge on any atom is 0.150 e. The van der Waals surface area contributed by atoms with Gasteiger partial charge in [0.15, 0.2) is 6.23 Å². The SMILES string of the molecule is N#Cc1ccc2c(c1)c(C=Cc1ccccc1)nn2C1CCCCO1. The molecule has 1 aromatic heterocycles. The van der Waals surface area contributed by atoms with Crippen LogP contribution in [0.25, 0.3) is 23.1 Å². The first-order valence-corrected chi connectivity index (χ1v) is 8.62. The van der Waals surface area contributed by atoms with Gasteiger partial charge in [0.25, 0.3) is 0 Å². The number of aromatic nitrogens is 2. The zero-order valence-electron chi connectivity index (χ0n) is 13.9. The molecule has 1 aliphatic rings. The molecule has 2 heterocycles. The Kier molecular flexibility index (Phi) is 4.32. The molecule has 1 fully saturated rings. The minimum absolute atomic E-state index is 0.0249. The van der Waals surface area contributed by atoms with Crippen LogP contribution in [0, 0.1) is 11.3 Å². The van der Waals surface area contributed by atoms with Gasteiger partial charge in [-0.2, -0.15) is 10.4 Å². The lowest BCUT2D eigenvalue weighted by Crippen LogP contribution is -2.19. The van der Waals surface area contributed by atoms with E-state index in [0.29, 0.717) is 5.56 Å². The first-order valence-electron chi connectivity index (χ1n) is 8.62. The Balaban J connectivity index is 1.79. The fourth-order valence-corrected chi connectivity index (χ4v) is 3.23. The predicted molar refractivity (Wildman–Crippen MR) is 98.7 cm³/mol. The quantitative estimate of drug-likeness (QED) is 0.695. The van der Waals surface area contributed by atoms with Gasteiger partial charge in [-0.3, -0.25) is 0 Å². The van der Waals surface area contributed by atoms with Crippen molar-refractivity contribution in [2.24, 2.45) is 0 Å². The van der Waals surface area contributed by atoms with Crippen LogP contribution in [0.5, 0.6) is 0 Å². The highest BCUT2D eigenvalue weighted by Gasteiger charge is 2.20. The summed E-state index contributed by atoms with van der Waals surface area (Å²) in [4.78, 5) is 0. The molecule has 0 spiro atoms. The van der Waals surface area contributed by atoms with Gasteiger partial charge in [-0.1, -0.05) is 36.4 Å². The van der Waals surface area contributed by atoms with E-state index in [2.05, 4.69) is 18.2 Å². The van der Waals surface area contributed by atoms with Crippen molar-refractivity contribution in [1.29, 1.82) is 5.26 Å². The number of nitriles is 1. The van der Waals surface area contributed by atoms with Gasteiger partial charge in [0.2, 0.25) is 0 Å². The van der Waals surface area contributed by atoms with E-state index >= 15 is 0 Å². The summed E-state index contributed by atoms with van der Waals surface area (Å²) in [5.41, 5.74) is 3.64. The van der Waals surface area contributed by atoms with Gasteiger partial charge in [-0.15, -0.1) is 0 Å². The Bertz CT molecular complexity index is 944. The standard InChI is InChI=1S/C21H19N3O/c22-15-17-10-12-20-18(14-17)19(11-9-16-6-2-1-3-7-16)23-24(20)21-8-4-5-13-25-21/h1-3,6-7,9-12,14,21H,4-5,8,13H2. The van der Waals surface area contributed by atoms with Crippen molar-refractivity contribution < 1.29 is 4.74 Å². The van der Waals surface area contributed by atoms with E-state index in [0.717, 1.165) is 48.0 Å². The van der Waals surface area contributed by atoms with Crippen LogP contribution in [0.1, 0.15) is 42.3 Å². The maximum absolute atomic E-state index is 9.23. The third-order valence-electron chi connectivity index (χ3n) is 4.53. The number of ether oxygens (including phenoxy) is 1. The highest BCUT2D eigenvalue weighted by molar-refractivity contribution is 5.90. The molecule has 1 unspecified atom stereocenters. The predicted octanol–water partition coefficient (Wildman–Crippen LogP) is 4.78. The summed E-state index contributed by atoms with van der Waals surface area (Å²) in [5, 5.41) is 15.0. The second-order valence-corrected chi connectivity index (χ2v) is 6.24. The Morgan fingerprint density at radius 2 is 2.00 bits per heavy atom. The van der Waals surface area contributed by atoms with Crippen LogP contribution < -0.4 is 0 Å². The van der Waals surface area contributed by atoms with Crippen molar-refractivity contribution >= 4 is 23.1 Å². The van der Waals surface area contributed by atoms with Crippen LogP contribution in [-0.2, 0) is 4.74 Å². The molecule has 1 atom stereocenters.